The third kappa shape index (κ3) is 5.49. The molecule has 0 fully saturated rings. The van der Waals surface area contributed by atoms with Crippen LogP contribution in [0.3, 0.4) is 0 Å². The Kier molecular flexibility index (Phi) is 6.76. The minimum absolute atomic E-state index is 0.101. The Morgan fingerprint density at radius 3 is 2.54 bits per heavy atom. The quantitative estimate of drug-likeness (QED) is 0.221. The van der Waals surface area contributed by atoms with Crippen molar-refractivity contribution in [1.29, 1.82) is 0 Å². The molecule has 0 radical (unpaired) electrons. The van der Waals surface area contributed by atoms with E-state index in [1.165, 1.54) is 25.3 Å². The number of amidine groups is 1. The van der Waals surface area contributed by atoms with Gasteiger partial charge in [-0.3, -0.25) is 0 Å². The summed E-state index contributed by atoms with van der Waals surface area (Å²) in [5.41, 5.74) is 0.750. The van der Waals surface area contributed by atoms with Gasteiger partial charge in [0.1, 0.15) is 22.5 Å². The van der Waals surface area contributed by atoms with Gasteiger partial charge in [-0.15, -0.1) is 11.8 Å². The molecule has 0 bridgehead atoms. The van der Waals surface area contributed by atoms with E-state index in [9.17, 15) is 17.6 Å². The van der Waals surface area contributed by atoms with Crippen molar-refractivity contribution < 1.29 is 17.6 Å². The van der Waals surface area contributed by atoms with E-state index in [1.54, 1.807) is 7.05 Å². The summed E-state index contributed by atoms with van der Waals surface area (Å²) in [4.78, 5) is 8.34. The van der Waals surface area contributed by atoms with Gasteiger partial charge in [0, 0.05) is 23.7 Å². The number of aliphatic imine (C=N–C) groups is 1. The number of nitrogens with zero attached hydrogens (tertiary/aromatic N) is 2. The predicted molar refractivity (Wildman–Crippen MR) is 97.4 cm³/mol. The normalized spacial score (nSPS) is 12.4. The molecule has 0 aliphatic heterocycles. The van der Waals surface area contributed by atoms with Crippen LogP contribution in [0.15, 0.2) is 34.3 Å². The number of halogens is 6. The number of thioether (sulfide) groups is 1. The lowest BCUT2D eigenvalue weighted by atomic mass is 10.2. The Hall–Kier alpha value is -1.51. The molecule has 0 unspecified atom stereocenters. The second-order valence-electron chi connectivity index (χ2n) is 5.18. The van der Waals surface area contributed by atoms with Gasteiger partial charge >= 0.3 is 6.18 Å². The Balaban J connectivity index is 2.41. The summed E-state index contributed by atoms with van der Waals surface area (Å²) in [5, 5.41) is 3.09. The molecule has 0 amide bonds. The third-order valence-corrected chi connectivity index (χ3v) is 5.08. The second-order valence-corrected chi connectivity index (χ2v) is 6.96. The van der Waals surface area contributed by atoms with Crippen LogP contribution in [0.1, 0.15) is 11.1 Å². The number of rotatable bonds is 4. The van der Waals surface area contributed by atoms with Crippen LogP contribution in [0.5, 0.6) is 0 Å². The van der Waals surface area contributed by atoms with E-state index in [0.717, 1.165) is 6.07 Å². The smallest absolute Gasteiger partial charge is 0.373 e. The van der Waals surface area contributed by atoms with Crippen molar-refractivity contribution in [2.24, 2.45) is 4.99 Å². The van der Waals surface area contributed by atoms with Crippen LogP contribution in [-0.4, -0.2) is 29.8 Å². The van der Waals surface area contributed by atoms with Crippen LogP contribution in [0.25, 0.3) is 0 Å². The molecule has 0 saturated carbocycles. The number of aryl methyl sites for hydroxylation is 1. The molecular formula is C16H13Cl2F4N3S. The standard InChI is InChI=1S/C16H13Cl2F4N3S/c1-8-3-11(19)12(5-13(8)26-7-16(20,21)22)25-15(23-2)9-4-10(17)14(18)24-6-9/h3-6H,7H2,1-2H3,(H,23,25). The number of hydrogen-bond donors (Lipinski definition) is 1. The number of nitrogens with one attached hydrogen (secondary N) is 1. The highest BCUT2D eigenvalue weighted by Crippen LogP contribution is 2.33. The van der Waals surface area contributed by atoms with Crippen LogP contribution in [-0.2, 0) is 0 Å². The molecule has 10 heteroatoms. The van der Waals surface area contributed by atoms with E-state index in [2.05, 4.69) is 15.3 Å². The molecule has 0 aliphatic rings. The number of hydrogen-bond acceptors (Lipinski definition) is 3. The zero-order valence-electron chi connectivity index (χ0n) is 13.6. The number of alkyl halides is 3. The molecule has 0 atom stereocenters. The van der Waals surface area contributed by atoms with Crippen LogP contribution in [0.4, 0.5) is 23.2 Å². The van der Waals surface area contributed by atoms with Crippen molar-refractivity contribution >= 4 is 46.5 Å². The van der Waals surface area contributed by atoms with Crippen LogP contribution in [0, 0.1) is 12.7 Å². The lowest BCUT2D eigenvalue weighted by molar-refractivity contribution is -0.105. The Morgan fingerprint density at radius 1 is 1.27 bits per heavy atom. The molecule has 140 valence electrons. The van der Waals surface area contributed by atoms with E-state index < -0.39 is 17.7 Å². The number of benzene rings is 1. The second kappa shape index (κ2) is 8.45. The first-order chi connectivity index (χ1) is 12.1. The van der Waals surface area contributed by atoms with E-state index in [-0.39, 0.29) is 21.7 Å². The third-order valence-electron chi connectivity index (χ3n) is 3.17. The van der Waals surface area contributed by atoms with Gasteiger partial charge in [0.15, 0.2) is 0 Å². The minimum Gasteiger partial charge on any atom is -0.373 e. The zero-order valence-corrected chi connectivity index (χ0v) is 15.9. The summed E-state index contributed by atoms with van der Waals surface area (Å²) < 4.78 is 51.6. The number of pyridine rings is 1. The lowest BCUT2D eigenvalue weighted by Crippen LogP contribution is -2.19. The first-order valence-electron chi connectivity index (χ1n) is 7.18. The topological polar surface area (TPSA) is 37.3 Å². The molecular weight excluding hydrogens is 413 g/mol. The molecule has 1 N–H and O–H groups in total. The number of aromatic nitrogens is 1. The van der Waals surface area contributed by atoms with Crippen molar-refractivity contribution in [3.8, 4) is 0 Å². The maximum Gasteiger partial charge on any atom is 0.398 e. The maximum absolute atomic E-state index is 14.2. The van der Waals surface area contributed by atoms with Gasteiger partial charge in [-0.2, -0.15) is 13.2 Å². The SMILES string of the molecule is CN/C(=N\c1cc(SCC(F)(F)F)c(C)cc1F)c1cnc(Cl)c(Cl)c1. The molecule has 1 heterocycles. The van der Waals surface area contributed by atoms with Crippen molar-refractivity contribution in [3.05, 3.63) is 51.5 Å². The average molecular weight is 426 g/mol. The van der Waals surface area contributed by atoms with Crippen LogP contribution >= 0.6 is 35.0 Å². The summed E-state index contributed by atoms with van der Waals surface area (Å²) >= 11 is 12.3. The van der Waals surface area contributed by atoms with Crippen molar-refractivity contribution in [3.63, 3.8) is 0 Å². The van der Waals surface area contributed by atoms with Crippen molar-refractivity contribution in [1.82, 2.24) is 10.3 Å². The van der Waals surface area contributed by atoms with E-state index in [1.807, 2.05) is 0 Å². The fraction of sp³-hybridized carbons (Fsp3) is 0.250. The molecule has 1 aromatic heterocycles. The fourth-order valence-electron chi connectivity index (χ4n) is 1.98. The minimum atomic E-state index is -4.32. The van der Waals surface area contributed by atoms with Gasteiger partial charge in [0.05, 0.1) is 10.8 Å². The molecule has 2 rings (SSSR count). The van der Waals surface area contributed by atoms with E-state index >= 15 is 0 Å². The highest BCUT2D eigenvalue weighted by molar-refractivity contribution is 7.99. The largest absolute Gasteiger partial charge is 0.398 e. The zero-order chi connectivity index (χ0) is 19.5. The van der Waals surface area contributed by atoms with Gasteiger partial charge in [-0.25, -0.2) is 14.4 Å². The first-order valence-corrected chi connectivity index (χ1v) is 8.92. The summed E-state index contributed by atoms with van der Waals surface area (Å²) in [5.74, 6) is -1.48. The van der Waals surface area contributed by atoms with E-state index in [4.69, 9.17) is 23.2 Å². The van der Waals surface area contributed by atoms with Gasteiger partial charge in [-0.1, -0.05) is 23.2 Å². The Labute approximate surface area is 161 Å². The predicted octanol–water partition coefficient (Wildman–Crippen LogP) is 5.79. The van der Waals surface area contributed by atoms with Crippen LogP contribution in [0.2, 0.25) is 10.2 Å². The highest BCUT2D eigenvalue weighted by atomic mass is 35.5. The molecule has 3 nitrogen and oxygen atoms in total. The fourth-order valence-corrected chi connectivity index (χ4v) is 3.05. The molecule has 0 aliphatic carbocycles. The summed E-state index contributed by atoms with van der Waals surface area (Å²) in [6, 6.07) is 3.93. The maximum atomic E-state index is 14.2. The van der Waals surface area contributed by atoms with Crippen molar-refractivity contribution in [2.45, 2.75) is 18.0 Å². The monoisotopic (exact) mass is 425 g/mol. The molecule has 0 saturated heterocycles. The summed E-state index contributed by atoms with van der Waals surface area (Å²) in [6.07, 6.45) is -2.92. The molecule has 26 heavy (non-hydrogen) atoms. The van der Waals surface area contributed by atoms with Gasteiger partial charge in [-0.05, 0) is 30.7 Å². The summed E-state index contributed by atoms with van der Waals surface area (Å²) in [6.45, 7) is 1.54. The molecule has 2 aromatic rings. The highest BCUT2D eigenvalue weighted by Gasteiger charge is 2.27. The van der Waals surface area contributed by atoms with Gasteiger partial charge < -0.3 is 5.32 Å². The molecule has 0 spiro atoms. The van der Waals surface area contributed by atoms with Crippen LogP contribution < -0.4 is 5.32 Å². The summed E-state index contributed by atoms with van der Waals surface area (Å²) in [7, 11) is 1.56. The average Bonchev–Trinajstić information content (AvgIpc) is 2.55. The molecule has 1 aromatic carbocycles. The lowest BCUT2D eigenvalue weighted by Gasteiger charge is -2.11. The Bertz CT molecular complexity index is 841. The van der Waals surface area contributed by atoms with Gasteiger partial charge in [0.25, 0.3) is 0 Å². The van der Waals surface area contributed by atoms with E-state index in [0.29, 0.717) is 27.8 Å². The van der Waals surface area contributed by atoms with Gasteiger partial charge in [0.2, 0.25) is 0 Å². The first kappa shape index (κ1) is 20.8. The van der Waals surface area contributed by atoms with Crippen molar-refractivity contribution in [2.75, 3.05) is 12.8 Å². The Morgan fingerprint density at radius 2 is 1.96 bits per heavy atom.